The highest BCUT2D eigenvalue weighted by atomic mass is 19.4. The molecule has 0 aliphatic carbocycles. The second-order valence-corrected chi connectivity index (χ2v) is 6.20. The molecular formula is C19H13F7N2O. The highest BCUT2D eigenvalue weighted by molar-refractivity contribution is 5.86. The van der Waals surface area contributed by atoms with Gasteiger partial charge in [0.15, 0.2) is 0 Å². The van der Waals surface area contributed by atoms with Gasteiger partial charge in [0.25, 0.3) is 0 Å². The van der Waals surface area contributed by atoms with E-state index in [0.717, 1.165) is 24.3 Å². The SMILES string of the molecule is O[C@@H](CNc1ccc(F)cc1)c1cc(C(F)(F)F)nc2c(C(F)(F)F)cccc12. The van der Waals surface area contributed by atoms with Crippen molar-refractivity contribution >= 4 is 16.6 Å². The van der Waals surface area contributed by atoms with E-state index in [1.807, 2.05) is 0 Å². The van der Waals surface area contributed by atoms with Crippen LogP contribution in [0.25, 0.3) is 10.9 Å². The molecule has 0 bridgehead atoms. The van der Waals surface area contributed by atoms with E-state index in [0.29, 0.717) is 17.8 Å². The Labute approximate surface area is 159 Å². The molecule has 10 heteroatoms. The molecule has 0 radical (unpaired) electrons. The number of para-hydroxylation sites is 1. The summed E-state index contributed by atoms with van der Waals surface area (Å²) in [5.74, 6) is -0.509. The Hall–Kier alpha value is -2.88. The second kappa shape index (κ2) is 7.51. The maximum atomic E-state index is 13.3. The van der Waals surface area contributed by atoms with Crippen LogP contribution in [0.5, 0.6) is 0 Å². The maximum absolute atomic E-state index is 13.3. The third kappa shape index (κ3) is 4.58. The number of fused-ring (bicyclic) bond motifs is 1. The van der Waals surface area contributed by atoms with E-state index >= 15 is 0 Å². The molecule has 29 heavy (non-hydrogen) atoms. The number of pyridine rings is 1. The normalized spacial score (nSPS) is 13.5. The molecule has 0 spiro atoms. The third-order valence-electron chi connectivity index (χ3n) is 4.17. The van der Waals surface area contributed by atoms with Crippen LogP contribution in [0.15, 0.2) is 48.5 Å². The lowest BCUT2D eigenvalue weighted by Gasteiger charge is -2.19. The zero-order valence-electron chi connectivity index (χ0n) is 14.4. The van der Waals surface area contributed by atoms with E-state index < -0.39 is 41.0 Å². The number of aliphatic hydroxyl groups excluding tert-OH is 1. The summed E-state index contributed by atoms with van der Waals surface area (Å²) in [7, 11) is 0. The van der Waals surface area contributed by atoms with Gasteiger partial charge in [0.2, 0.25) is 0 Å². The van der Waals surface area contributed by atoms with Crippen molar-refractivity contribution in [3.63, 3.8) is 0 Å². The van der Waals surface area contributed by atoms with Crippen molar-refractivity contribution in [3.8, 4) is 0 Å². The van der Waals surface area contributed by atoms with E-state index in [2.05, 4.69) is 10.3 Å². The largest absolute Gasteiger partial charge is 0.433 e. The minimum atomic E-state index is -5.01. The van der Waals surface area contributed by atoms with Crippen LogP contribution < -0.4 is 5.32 Å². The first-order valence-corrected chi connectivity index (χ1v) is 8.22. The Morgan fingerprint density at radius 1 is 0.931 bits per heavy atom. The number of hydrogen-bond acceptors (Lipinski definition) is 3. The molecule has 1 atom stereocenters. The lowest BCUT2D eigenvalue weighted by Crippen LogP contribution is -2.17. The lowest BCUT2D eigenvalue weighted by atomic mass is 9.99. The number of alkyl halides is 6. The van der Waals surface area contributed by atoms with Gasteiger partial charge in [-0.15, -0.1) is 0 Å². The van der Waals surface area contributed by atoms with Crippen molar-refractivity contribution in [2.45, 2.75) is 18.5 Å². The number of aromatic nitrogens is 1. The summed E-state index contributed by atoms with van der Waals surface area (Å²) < 4.78 is 92.3. The standard InChI is InChI=1S/C19H13F7N2O/c20-10-4-6-11(7-5-10)27-9-15(29)13-8-16(19(24,25)26)28-17-12(13)2-1-3-14(17)18(21,22)23/h1-8,15,27,29H,9H2/t15-/m0/s1. The number of nitrogens with one attached hydrogen (secondary N) is 1. The quantitative estimate of drug-likeness (QED) is 0.546. The van der Waals surface area contributed by atoms with Gasteiger partial charge in [-0.1, -0.05) is 12.1 Å². The van der Waals surface area contributed by atoms with Gasteiger partial charge in [-0.3, -0.25) is 0 Å². The van der Waals surface area contributed by atoms with Gasteiger partial charge in [0, 0.05) is 17.6 Å². The summed E-state index contributed by atoms with van der Waals surface area (Å²) >= 11 is 0. The predicted molar refractivity (Wildman–Crippen MR) is 91.6 cm³/mol. The number of halogens is 7. The molecular weight excluding hydrogens is 405 g/mol. The lowest BCUT2D eigenvalue weighted by molar-refractivity contribution is -0.142. The minimum Gasteiger partial charge on any atom is -0.387 e. The molecule has 2 aromatic carbocycles. The van der Waals surface area contributed by atoms with Crippen LogP contribution in [0, 0.1) is 5.82 Å². The third-order valence-corrected chi connectivity index (χ3v) is 4.17. The molecule has 1 aromatic heterocycles. The Morgan fingerprint density at radius 2 is 1.59 bits per heavy atom. The topological polar surface area (TPSA) is 45.1 Å². The molecule has 0 amide bonds. The Balaban J connectivity index is 2.06. The van der Waals surface area contributed by atoms with Gasteiger partial charge in [0.05, 0.1) is 17.2 Å². The van der Waals surface area contributed by atoms with E-state index in [9.17, 15) is 35.8 Å². The van der Waals surface area contributed by atoms with E-state index in [1.165, 1.54) is 12.1 Å². The zero-order chi connectivity index (χ0) is 21.4. The first-order chi connectivity index (χ1) is 13.5. The number of hydrogen-bond donors (Lipinski definition) is 2. The van der Waals surface area contributed by atoms with Crippen LogP contribution in [-0.2, 0) is 12.4 Å². The summed E-state index contributed by atoms with van der Waals surface area (Å²) in [6.07, 6.45) is -11.5. The molecule has 0 aliphatic heterocycles. The molecule has 154 valence electrons. The van der Waals surface area contributed by atoms with Crippen LogP contribution in [0.1, 0.15) is 22.9 Å². The van der Waals surface area contributed by atoms with Gasteiger partial charge in [0.1, 0.15) is 11.5 Å². The molecule has 0 aliphatic rings. The van der Waals surface area contributed by atoms with Crippen molar-refractivity contribution in [1.82, 2.24) is 4.98 Å². The van der Waals surface area contributed by atoms with Gasteiger partial charge >= 0.3 is 12.4 Å². The number of anilines is 1. The number of rotatable bonds is 4. The van der Waals surface area contributed by atoms with Crippen molar-refractivity contribution < 1.29 is 35.8 Å². The monoisotopic (exact) mass is 418 g/mol. The van der Waals surface area contributed by atoms with Gasteiger partial charge in [-0.2, -0.15) is 26.3 Å². The summed E-state index contributed by atoms with van der Waals surface area (Å²) in [4.78, 5) is 3.17. The fraction of sp³-hybridized carbons (Fsp3) is 0.211. The van der Waals surface area contributed by atoms with Crippen LogP contribution in [0.4, 0.5) is 36.4 Å². The highest BCUT2D eigenvalue weighted by Crippen LogP contribution is 2.38. The van der Waals surface area contributed by atoms with Gasteiger partial charge in [-0.05, 0) is 42.0 Å². The Bertz CT molecular complexity index is 1010. The fourth-order valence-corrected chi connectivity index (χ4v) is 2.82. The maximum Gasteiger partial charge on any atom is 0.433 e. The molecule has 2 N–H and O–H groups in total. The van der Waals surface area contributed by atoms with Crippen LogP contribution >= 0.6 is 0 Å². The Morgan fingerprint density at radius 3 is 2.17 bits per heavy atom. The second-order valence-electron chi connectivity index (χ2n) is 6.20. The first kappa shape index (κ1) is 20.8. The zero-order valence-corrected chi connectivity index (χ0v) is 14.4. The number of nitrogens with zero attached hydrogens (tertiary/aromatic N) is 1. The molecule has 3 rings (SSSR count). The molecule has 0 fully saturated rings. The van der Waals surface area contributed by atoms with Crippen LogP contribution in [-0.4, -0.2) is 16.6 Å². The fourth-order valence-electron chi connectivity index (χ4n) is 2.82. The Kier molecular flexibility index (Phi) is 5.40. The molecule has 0 saturated carbocycles. The van der Waals surface area contributed by atoms with E-state index in [1.54, 1.807) is 0 Å². The molecule has 0 unspecified atom stereocenters. The average Bonchev–Trinajstić information content (AvgIpc) is 2.64. The number of benzene rings is 2. The smallest absolute Gasteiger partial charge is 0.387 e. The van der Waals surface area contributed by atoms with Crippen molar-refractivity contribution in [3.05, 3.63) is 71.2 Å². The summed E-state index contributed by atoms with van der Waals surface area (Å²) in [6.45, 7) is -0.321. The van der Waals surface area contributed by atoms with Crippen LogP contribution in [0.3, 0.4) is 0 Å². The van der Waals surface area contributed by atoms with Crippen molar-refractivity contribution in [1.29, 1.82) is 0 Å². The van der Waals surface area contributed by atoms with Crippen molar-refractivity contribution in [2.24, 2.45) is 0 Å². The highest BCUT2D eigenvalue weighted by Gasteiger charge is 2.37. The van der Waals surface area contributed by atoms with Crippen molar-refractivity contribution in [2.75, 3.05) is 11.9 Å². The van der Waals surface area contributed by atoms with E-state index in [-0.39, 0.29) is 17.5 Å². The number of aliphatic hydroxyl groups is 1. The van der Waals surface area contributed by atoms with Gasteiger partial charge in [-0.25, -0.2) is 9.37 Å². The average molecular weight is 418 g/mol. The molecule has 0 saturated heterocycles. The van der Waals surface area contributed by atoms with Crippen LogP contribution in [0.2, 0.25) is 0 Å². The predicted octanol–water partition coefficient (Wildman–Crippen LogP) is 5.56. The summed E-state index contributed by atoms with van der Waals surface area (Å²) in [6, 6.07) is 8.30. The van der Waals surface area contributed by atoms with E-state index in [4.69, 9.17) is 0 Å². The molecule has 1 heterocycles. The summed E-state index contributed by atoms with van der Waals surface area (Å²) in [5, 5.41) is 12.9. The summed E-state index contributed by atoms with van der Waals surface area (Å²) in [5.41, 5.74) is -3.76. The minimum absolute atomic E-state index is 0.249. The molecule has 3 nitrogen and oxygen atoms in total. The van der Waals surface area contributed by atoms with Gasteiger partial charge < -0.3 is 10.4 Å². The molecule has 3 aromatic rings. The first-order valence-electron chi connectivity index (χ1n) is 8.22.